The molecular formula is C6H4F2NNaO2. The van der Waals surface area contributed by atoms with Gasteiger partial charge in [-0.2, -0.15) is 4.39 Å². The van der Waals surface area contributed by atoms with Crippen LogP contribution in [0.5, 0.6) is 0 Å². The molecule has 0 unspecified atom stereocenters. The van der Waals surface area contributed by atoms with Crippen LogP contribution in [0, 0.1) is 11.8 Å². The molecule has 0 spiro atoms. The Hall–Kier alpha value is -0.520. The third kappa shape index (κ3) is 2.84. The third-order valence-electron chi connectivity index (χ3n) is 0.978. The van der Waals surface area contributed by atoms with Gasteiger partial charge in [-0.25, -0.2) is 14.2 Å². The van der Waals surface area contributed by atoms with Crippen molar-refractivity contribution in [1.29, 1.82) is 0 Å². The summed E-state index contributed by atoms with van der Waals surface area (Å²) in [6, 6.07) is 1.15. The molecule has 0 aliphatic heterocycles. The average Bonchev–Trinajstić information content (AvgIpc) is 1.85. The van der Waals surface area contributed by atoms with Crippen molar-refractivity contribution >= 4 is 5.97 Å². The molecule has 0 bridgehead atoms. The van der Waals surface area contributed by atoms with Crippen LogP contribution in [0.2, 0.25) is 0 Å². The molecule has 1 N–H and O–H groups in total. The van der Waals surface area contributed by atoms with Crippen LogP contribution < -0.4 is 29.6 Å². The summed E-state index contributed by atoms with van der Waals surface area (Å²) in [5.74, 6) is -3.54. The Labute approximate surface area is 90.2 Å². The summed E-state index contributed by atoms with van der Waals surface area (Å²) in [4.78, 5) is 13.0. The molecule has 12 heavy (non-hydrogen) atoms. The molecule has 0 aliphatic rings. The number of carboxylic acid groups (broad SMARTS) is 1. The smallest absolute Gasteiger partial charge is 1.00 e. The normalized spacial score (nSPS) is 8.83. The molecular weight excluding hydrogens is 179 g/mol. The molecule has 6 heteroatoms. The molecule has 1 aromatic heterocycles. The minimum absolute atomic E-state index is 0. The molecule has 1 aromatic rings. The van der Waals surface area contributed by atoms with E-state index in [2.05, 4.69) is 4.98 Å². The van der Waals surface area contributed by atoms with E-state index in [1.165, 1.54) is 0 Å². The Balaban J connectivity index is 0. The topological polar surface area (TPSA) is 50.2 Å². The molecule has 0 atom stereocenters. The second kappa shape index (κ2) is 4.49. The number of pyridine rings is 1. The largest absolute Gasteiger partial charge is 1.00 e. The van der Waals surface area contributed by atoms with Crippen molar-refractivity contribution in [2.75, 3.05) is 0 Å². The number of carbonyl (C=O) groups is 1. The number of hydrogen-bond donors (Lipinski definition) is 1. The van der Waals surface area contributed by atoms with E-state index in [0.717, 1.165) is 0 Å². The van der Waals surface area contributed by atoms with Crippen LogP contribution in [-0.4, -0.2) is 16.1 Å². The summed E-state index contributed by atoms with van der Waals surface area (Å²) < 4.78 is 24.4. The number of carboxylic acids is 1. The first kappa shape index (κ1) is 11.5. The van der Waals surface area contributed by atoms with Gasteiger partial charge in [-0.3, -0.25) is 0 Å². The number of rotatable bonds is 1. The average molecular weight is 183 g/mol. The summed E-state index contributed by atoms with van der Waals surface area (Å²) in [5, 5.41) is 8.24. The molecule has 0 aliphatic carbocycles. The van der Waals surface area contributed by atoms with E-state index in [0.29, 0.717) is 12.1 Å². The minimum atomic E-state index is -1.46. The Morgan fingerprint density at radius 3 is 2.50 bits per heavy atom. The number of hydrogen-bond acceptors (Lipinski definition) is 2. The van der Waals surface area contributed by atoms with Crippen molar-refractivity contribution in [1.82, 2.24) is 4.98 Å². The first-order chi connectivity index (χ1) is 5.09. The molecule has 0 fully saturated rings. The predicted octanol–water partition coefficient (Wildman–Crippen LogP) is -1.83. The van der Waals surface area contributed by atoms with Crippen molar-refractivity contribution in [3.8, 4) is 0 Å². The van der Waals surface area contributed by atoms with Gasteiger partial charge < -0.3 is 6.53 Å². The van der Waals surface area contributed by atoms with Gasteiger partial charge in [0, 0.05) is 12.1 Å². The van der Waals surface area contributed by atoms with Crippen molar-refractivity contribution in [2.24, 2.45) is 0 Å². The van der Waals surface area contributed by atoms with Gasteiger partial charge in [0.05, 0.1) is 0 Å². The molecule has 1 heterocycles. The van der Waals surface area contributed by atoms with Crippen molar-refractivity contribution in [2.45, 2.75) is 0 Å². The minimum Gasteiger partial charge on any atom is -1.00 e. The maximum atomic E-state index is 12.2. The van der Waals surface area contributed by atoms with Crippen LogP contribution in [0.1, 0.15) is 11.9 Å². The van der Waals surface area contributed by atoms with E-state index < -0.39 is 23.4 Å². The zero-order chi connectivity index (χ0) is 8.43. The molecule has 0 aromatic carbocycles. The third-order valence-corrected chi connectivity index (χ3v) is 0.978. The van der Waals surface area contributed by atoms with E-state index in [4.69, 9.17) is 5.11 Å². The van der Waals surface area contributed by atoms with Gasteiger partial charge in [0.2, 0.25) is 5.95 Å². The second-order valence-corrected chi connectivity index (χ2v) is 1.80. The fraction of sp³-hybridized carbons (Fsp3) is 0. The molecule has 0 radical (unpaired) electrons. The summed E-state index contributed by atoms with van der Waals surface area (Å²) in [6.07, 6.45) is 0. The molecule has 1 rings (SSSR count). The molecule has 60 valence electrons. The van der Waals surface area contributed by atoms with Gasteiger partial charge >= 0.3 is 35.5 Å². The SMILES string of the molecule is O=C(O)c1cc(F)cc(F)n1.[H-].[Na+]. The van der Waals surface area contributed by atoms with Crippen LogP contribution in [0.4, 0.5) is 8.78 Å². The maximum Gasteiger partial charge on any atom is 1.00 e. The Morgan fingerprint density at radius 2 is 2.08 bits per heavy atom. The Morgan fingerprint density at radius 1 is 1.50 bits per heavy atom. The van der Waals surface area contributed by atoms with Crippen molar-refractivity contribution < 1.29 is 49.7 Å². The molecule has 0 saturated heterocycles. The van der Waals surface area contributed by atoms with E-state index >= 15 is 0 Å². The van der Waals surface area contributed by atoms with E-state index in [1.54, 1.807) is 0 Å². The van der Waals surface area contributed by atoms with E-state index in [1.807, 2.05) is 0 Å². The summed E-state index contributed by atoms with van der Waals surface area (Å²) in [6.45, 7) is 0. The molecule has 0 saturated carbocycles. The Bertz CT molecular complexity index is 290. The van der Waals surface area contributed by atoms with E-state index in [-0.39, 0.29) is 31.0 Å². The number of halogens is 2. The van der Waals surface area contributed by atoms with Gasteiger partial charge in [-0.05, 0) is 0 Å². The predicted molar refractivity (Wildman–Crippen MR) is 32.2 cm³/mol. The quantitative estimate of drug-likeness (QED) is 0.411. The van der Waals surface area contributed by atoms with Gasteiger partial charge in [-0.1, -0.05) is 0 Å². The van der Waals surface area contributed by atoms with Crippen molar-refractivity contribution in [3.05, 3.63) is 29.6 Å². The standard InChI is InChI=1S/C6H3F2NO2.Na.H/c7-3-1-4(6(10)11)9-5(8)2-3;;/h1-2H,(H,10,11);;/q;+1;-1. The first-order valence-electron chi connectivity index (χ1n) is 2.66. The Kier molecular flexibility index (Phi) is 4.30. The van der Waals surface area contributed by atoms with Crippen LogP contribution in [0.25, 0.3) is 0 Å². The molecule has 3 nitrogen and oxygen atoms in total. The van der Waals surface area contributed by atoms with Crippen molar-refractivity contribution in [3.63, 3.8) is 0 Å². The van der Waals surface area contributed by atoms with Gasteiger partial charge in [0.15, 0.2) is 5.69 Å². The summed E-state index contributed by atoms with van der Waals surface area (Å²) in [7, 11) is 0. The number of aromatic carboxylic acids is 1. The van der Waals surface area contributed by atoms with Crippen LogP contribution >= 0.6 is 0 Å². The number of aromatic nitrogens is 1. The van der Waals surface area contributed by atoms with Gasteiger partial charge in [0.25, 0.3) is 0 Å². The van der Waals surface area contributed by atoms with Gasteiger partial charge in [-0.15, -0.1) is 0 Å². The van der Waals surface area contributed by atoms with Crippen LogP contribution in [0.15, 0.2) is 12.1 Å². The summed E-state index contributed by atoms with van der Waals surface area (Å²) >= 11 is 0. The van der Waals surface area contributed by atoms with Crippen LogP contribution in [0.3, 0.4) is 0 Å². The zero-order valence-corrected chi connectivity index (χ0v) is 8.21. The maximum absolute atomic E-state index is 12.2. The number of nitrogens with zero attached hydrogens (tertiary/aromatic N) is 1. The van der Waals surface area contributed by atoms with E-state index in [9.17, 15) is 13.6 Å². The zero-order valence-electron chi connectivity index (χ0n) is 7.21. The molecule has 0 amide bonds. The second-order valence-electron chi connectivity index (χ2n) is 1.80. The fourth-order valence-corrected chi connectivity index (χ4v) is 0.575. The monoisotopic (exact) mass is 183 g/mol. The first-order valence-corrected chi connectivity index (χ1v) is 2.66. The summed E-state index contributed by atoms with van der Waals surface area (Å²) in [5.41, 5.74) is -0.637. The van der Waals surface area contributed by atoms with Gasteiger partial charge in [0.1, 0.15) is 5.82 Å². The van der Waals surface area contributed by atoms with Crippen LogP contribution in [-0.2, 0) is 0 Å². The fourth-order valence-electron chi connectivity index (χ4n) is 0.575.